The van der Waals surface area contributed by atoms with Gasteiger partial charge in [-0.2, -0.15) is 0 Å². The lowest BCUT2D eigenvalue weighted by molar-refractivity contribution is -0.137. The summed E-state index contributed by atoms with van der Waals surface area (Å²) in [5.41, 5.74) is 11.3. The van der Waals surface area contributed by atoms with Gasteiger partial charge in [-0.3, -0.25) is 14.6 Å². The van der Waals surface area contributed by atoms with E-state index in [2.05, 4.69) is 30.7 Å². The highest BCUT2D eigenvalue weighted by molar-refractivity contribution is 6.36. The lowest BCUT2D eigenvalue weighted by atomic mass is 9.94. The summed E-state index contributed by atoms with van der Waals surface area (Å²) in [7, 11) is 0. The molecule has 44 heavy (non-hydrogen) atoms. The predicted molar refractivity (Wildman–Crippen MR) is 176 cm³/mol. The number of nitrogens with zero attached hydrogens (tertiary/aromatic N) is 2. The van der Waals surface area contributed by atoms with E-state index in [0.29, 0.717) is 36.4 Å². The Kier molecular flexibility index (Phi) is 8.71. The molecule has 5 rings (SSSR count). The molecule has 2 aromatic rings. The summed E-state index contributed by atoms with van der Waals surface area (Å²) in [6.45, 7) is 12.1. The third kappa shape index (κ3) is 5.43. The molecular weight excluding hydrogens is 599 g/mol. The Bertz CT molecular complexity index is 1870. The van der Waals surface area contributed by atoms with Gasteiger partial charge in [-0.25, -0.2) is 4.99 Å². The second kappa shape index (κ2) is 12.1. The minimum atomic E-state index is -1.21. The molecule has 2 unspecified atom stereocenters. The van der Waals surface area contributed by atoms with Crippen LogP contribution in [0, 0.1) is 13.8 Å². The van der Waals surface area contributed by atoms with Crippen LogP contribution in [-0.4, -0.2) is 48.5 Å². The van der Waals surface area contributed by atoms with E-state index < -0.39 is 22.3 Å². The van der Waals surface area contributed by atoms with Gasteiger partial charge in [-0.05, 0) is 116 Å². The molecule has 0 saturated heterocycles. The molecule has 3 aliphatic rings. The van der Waals surface area contributed by atoms with E-state index in [4.69, 9.17) is 33.2 Å². The van der Waals surface area contributed by atoms with Crippen molar-refractivity contribution in [3.8, 4) is 0 Å². The van der Waals surface area contributed by atoms with E-state index in [-0.39, 0.29) is 12.8 Å². The molecule has 0 saturated carbocycles. The van der Waals surface area contributed by atoms with E-state index >= 15 is 0 Å². The van der Waals surface area contributed by atoms with E-state index in [9.17, 15) is 19.8 Å². The highest BCUT2D eigenvalue weighted by atomic mass is 35.5. The predicted octanol–water partition coefficient (Wildman–Crippen LogP) is 6.08. The number of fused-ring (bicyclic) bond motifs is 6. The number of aliphatic imine (C=N–C) groups is 2. The normalized spacial score (nSPS) is 21.2. The van der Waals surface area contributed by atoms with Gasteiger partial charge in [-0.1, -0.05) is 25.4 Å². The summed E-state index contributed by atoms with van der Waals surface area (Å²) in [4.78, 5) is 39.1. The number of H-pyrrole nitrogens is 2. The van der Waals surface area contributed by atoms with Gasteiger partial charge in [0.2, 0.25) is 0 Å². The number of rotatable bonds is 8. The minimum Gasteiger partial charge on any atom is -0.481 e. The molecular formula is C34H38Cl2N4O4. The summed E-state index contributed by atoms with van der Waals surface area (Å²) < 4.78 is 0. The highest BCUT2D eigenvalue weighted by Gasteiger charge is 2.45. The molecule has 2 aromatic heterocycles. The van der Waals surface area contributed by atoms with Crippen molar-refractivity contribution >= 4 is 58.7 Å². The molecule has 8 bridgehead atoms. The van der Waals surface area contributed by atoms with Crippen molar-refractivity contribution in [3.05, 3.63) is 78.4 Å². The van der Waals surface area contributed by atoms with Gasteiger partial charge in [0.25, 0.3) is 0 Å². The monoisotopic (exact) mass is 636 g/mol. The van der Waals surface area contributed by atoms with Crippen LogP contribution in [0.15, 0.2) is 44.1 Å². The lowest BCUT2D eigenvalue weighted by Crippen LogP contribution is -2.25. The summed E-state index contributed by atoms with van der Waals surface area (Å²) in [5, 5.41) is 19.9. The second-order valence-corrected chi connectivity index (χ2v) is 12.7. The fraction of sp³-hybridized carbons (Fsp3) is 0.412. The van der Waals surface area contributed by atoms with Gasteiger partial charge in [0.15, 0.2) is 5.00 Å². The number of allylic oxidation sites excluding steroid dienone is 4. The van der Waals surface area contributed by atoms with Crippen LogP contribution >= 0.6 is 23.2 Å². The molecule has 0 radical (unpaired) electrons. The third-order valence-corrected chi connectivity index (χ3v) is 10.4. The SMILES string of the molecule is CCC1=C(C)C2(Cl)N=C1C=C1N=C(C=c3[nH]c(c(C)c3CCC(=O)O)=Cc3[nH]c(c(CC)c3C)C2Cl)C(CCC(=O)O)=C1C. The molecule has 2 atom stereocenters. The topological polar surface area (TPSA) is 131 Å². The van der Waals surface area contributed by atoms with Crippen LogP contribution in [0.1, 0.15) is 92.4 Å². The summed E-state index contributed by atoms with van der Waals surface area (Å²) in [6, 6.07) is 0. The number of alkyl halides is 2. The third-order valence-electron chi connectivity index (χ3n) is 9.18. The van der Waals surface area contributed by atoms with E-state index in [1.165, 1.54) is 0 Å². The number of aliphatic carboxylic acids is 2. The first kappa shape index (κ1) is 31.8. The molecule has 8 nitrogen and oxygen atoms in total. The molecule has 0 spiro atoms. The number of aromatic amines is 2. The van der Waals surface area contributed by atoms with Gasteiger partial charge in [0.05, 0.1) is 17.1 Å². The first-order chi connectivity index (χ1) is 20.8. The fourth-order valence-electron chi connectivity index (χ4n) is 6.58. The van der Waals surface area contributed by atoms with E-state index in [0.717, 1.165) is 73.1 Å². The zero-order valence-electron chi connectivity index (χ0n) is 25.9. The molecule has 5 heterocycles. The van der Waals surface area contributed by atoms with E-state index in [1.807, 2.05) is 39.0 Å². The molecule has 232 valence electrons. The Morgan fingerprint density at radius 1 is 0.864 bits per heavy atom. The molecule has 10 heteroatoms. The van der Waals surface area contributed by atoms with Crippen molar-refractivity contribution in [2.45, 2.75) is 90.4 Å². The highest BCUT2D eigenvalue weighted by Crippen LogP contribution is 2.50. The molecule has 0 amide bonds. The maximum absolute atomic E-state index is 11.6. The van der Waals surface area contributed by atoms with E-state index in [1.54, 1.807) is 0 Å². The van der Waals surface area contributed by atoms with Crippen LogP contribution in [0.2, 0.25) is 0 Å². The van der Waals surface area contributed by atoms with Crippen molar-refractivity contribution in [2.75, 3.05) is 0 Å². The van der Waals surface area contributed by atoms with Crippen LogP contribution in [0.25, 0.3) is 12.2 Å². The van der Waals surface area contributed by atoms with Crippen molar-refractivity contribution < 1.29 is 19.8 Å². The maximum atomic E-state index is 11.6. The van der Waals surface area contributed by atoms with Crippen LogP contribution in [0.3, 0.4) is 0 Å². The summed E-state index contributed by atoms with van der Waals surface area (Å²) in [6.07, 6.45) is 7.87. The Balaban J connectivity index is 1.86. The number of hydrogen-bond donors (Lipinski definition) is 4. The minimum absolute atomic E-state index is 0.0277. The first-order valence-corrected chi connectivity index (χ1v) is 15.8. The number of aromatic nitrogens is 2. The molecule has 0 fully saturated rings. The first-order valence-electron chi connectivity index (χ1n) is 15.0. The van der Waals surface area contributed by atoms with Crippen molar-refractivity contribution in [1.29, 1.82) is 0 Å². The lowest BCUT2D eigenvalue weighted by Gasteiger charge is -2.27. The number of carbonyl (C=O) groups is 2. The van der Waals surface area contributed by atoms with Crippen molar-refractivity contribution in [3.63, 3.8) is 0 Å². The smallest absolute Gasteiger partial charge is 0.303 e. The Hall–Kier alpha value is -3.62. The van der Waals surface area contributed by atoms with Gasteiger partial charge in [-0.15, -0.1) is 11.6 Å². The number of carboxylic acid groups (broad SMARTS) is 2. The summed E-state index contributed by atoms with van der Waals surface area (Å²) in [5.74, 6) is -1.78. The van der Waals surface area contributed by atoms with Gasteiger partial charge in [0.1, 0.15) is 5.38 Å². The van der Waals surface area contributed by atoms with Crippen LogP contribution in [0.5, 0.6) is 0 Å². The standard InChI is InChI=1S/C34H38Cl2N4O4/c1-7-20-16(3)26-13-24-17(4)22(9-11-30(41)42)27(37-24)15-28-23(10-12-31(43)44)18(5)25(38-28)14-29-21(8-2)19(6)34(36,40-29)33(35)32(20)39-26/h13-15,33,37,39H,7-12H2,1-6H3,(H,41,42)(H,43,44). The fourth-order valence-corrected chi connectivity index (χ4v) is 7.29. The van der Waals surface area contributed by atoms with Crippen molar-refractivity contribution in [2.24, 2.45) is 9.98 Å². The number of hydrogen-bond acceptors (Lipinski definition) is 4. The zero-order valence-corrected chi connectivity index (χ0v) is 27.4. The number of carboxylic acids is 2. The Morgan fingerprint density at radius 2 is 1.55 bits per heavy atom. The molecule has 0 aromatic carbocycles. The second-order valence-electron chi connectivity index (χ2n) is 11.7. The van der Waals surface area contributed by atoms with Crippen LogP contribution < -0.4 is 10.7 Å². The number of nitrogens with one attached hydrogen (secondary N) is 2. The average Bonchev–Trinajstić information content (AvgIpc) is 3.62. The maximum Gasteiger partial charge on any atom is 0.303 e. The van der Waals surface area contributed by atoms with Gasteiger partial charge < -0.3 is 20.2 Å². The largest absolute Gasteiger partial charge is 0.481 e. The average molecular weight is 638 g/mol. The van der Waals surface area contributed by atoms with Crippen LogP contribution in [0.4, 0.5) is 0 Å². The Labute approximate surface area is 266 Å². The van der Waals surface area contributed by atoms with Gasteiger partial charge in [0, 0.05) is 34.9 Å². The zero-order chi connectivity index (χ0) is 32.1. The van der Waals surface area contributed by atoms with Gasteiger partial charge >= 0.3 is 11.9 Å². The molecule has 0 aliphatic carbocycles. The number of halogens is 2. The quantitative estimate of drug-likeness (QED) is 0.207. The summed E-state index contributed by atoms with van der Waals surface area (Å²) >= 11 is 14.7. The Morgan fingerprint density at radius 3 is 2.18 bits per heavy atom. The molecule has 3 aliphatic heterocycles. The van der Waals surface area contributed by atoms with Crippen LogP contribution in [-0.2, 0) is 22.4 Å². The molecule has 4 N–H and O–H groups in total. The van der Waals surface area contributed by atoms with Crippen molar-refractivity contribution in [1.82, 2.24) is 9.97 Å².